The van der Waals surface area contributed by atoms with Crippen LogP contribution >= 0.6 is 0 Å². The van der Waals surface area contributed by atoms with Crippen LogP contribution in [0, 0.1) is 0 Å². The maximum atomic E-state index is 5.80. The standard InChI is InChI=1S/C18H32N4O2/c1-17(2,3)23-12-11-21-7-9-22(10-8-21)15-13-20-16(14-19-15)24-18(4,5)6/h13-14H,7-12H2,1-6H3. The normalized spacial score (nSPS) is 17.2. The van der Waals surface area contributed by atoms with Crippen LogP contribution < -0.4 is 9.64 Å². The summed E-state index contributed by atoms with van der Waals surface area (Å²) in [4.78, 5) is 13.6. The highest BCUT2D eigenvalue weighted by molar-refractivity contribution is 5.37. The molecular formula is C18H32N4O2. The predicted molar refractivity (Wildman–Crippen MR) is 96.8 cm³/mol. The Morgan fingerprint density at radius 2 is 1.58 bits per heavy atom. The quantitative estimate of drug-likeness (QED) is 0.824. The molecule has 0 radical (unpaired) electrons. The zero-order chi connectivity index (χ0) is 17.8. The Hall–Kier alpha value is -1.40. The first kappa shape index (κ1) is 18.9. The Morgan fingerprint density at radius 3 is 2.08 bits per heavy atom. The van der Waals surface area contributed by atoms with Gasteiger partial charge in [0.2, 0.25) is 5.88 Å². The highest BCUT2D eigenvalue weighted by Gasteiger charge is 2.20. The van der Waals surface area contributed by atoms with E-state index in [9.17, 15) is 0 Å². The van der Waals surface area contributed by atoms with Crippen molar-refractivity contribution in [3.8, 4) is 5.88 Å². The van der Waals surface area contributed by atoms with E-state index in [1.807, 2.05) is 20.8 Å². The van der Waals surface area contributed by atoms with Crippen molar-refractivity contribution in [2.75, 3.05) is 44.2 Å². The molecule has 6 heteroatoms. The van der Waals surface area contributed by atoms with E-state index in [1.165, 1.54) is 0 Å². The summed E-state index contributed by atoms with van der Waals surface area (Å²) in [7, 11) is 0. The molecule has 0 saturated carbocycles. The van der Waals surface area contributed by atoms with Crippen LogP contribution in [0.15, 0.2) is 12.4 Å². The maximum Gasteiger partial charge on any atom is 0.232 e. The lowest BCUT2D eigenvalue weighted by Crippen LogP contribution is -2.48. The highest BCUT2D eigenvalue weighted by Crippen LogP contribution is 2.18. The predicted octanol–water partition coefficient (Wildman–Crippen LogP) is 2.59. The molecule has 0 spiro atoms. The molecule has 2 heterocycles. The molecule has 24 heavy (non-hydrogen) atoms. The minimum atomic E-state index is -0.253. The van der Waals surface area contributed by atoms with Crippen molar-refractivity contribution in [3.05, 3.63) is 12.4 Å². The lowest BCUT2D eigenvalue weighted by molar-refractivity contribution is -0.0135. The molecular weight excluding hydrogens is 304 g/mol. The molecule has 0 aromatic carbocycles. The zero-order valence-corrected chi connectivity index (χ0v) is 16.0. The summed E-state index contributed by atoms with van der Waals surface area (Å²) in [5.41, 5.74) is -0.314. The average Bonchev–Trinajstić information content (AvgIpc) is 2.46. The smallest absolute Gasteiger partial charge is 0.232 e. The molecule has 1 aromatic heterocycles. The number of rotatable bonds is 5. The molecule has 1 aromatic rings. The minimum Gasteiger partial charge on any atom is -0.471 e. The molecule has 1 saturated heterocycles. The number of aromatic nitrogens is 2. The summed E-state index contributed by atoms with van der Waals surface area (Å²) in [5, 5.41) is 0. The second-order valence-electron chi connectivity index (χ2n) is 8.22. The van der Waals surface area contributed by atoms with Gasteiger partial charge in [-0.05, 0) is 41.5 Å². The van der Waals surface area contributed by atoms with E-state index in [4.69, 9.17) is 9.47 Å². The van der Waals surface area contributed by atoms with Crippen LogP contribution in [0.1, 0.15) is 41.5 Å². The van der Waals surface area contributed by atoms with Gasteiger partial charge in [0.05, 0.1) is 24.6 Å². The molecule has 1 aliphatic heterocycles. The maximum absolute atomic E-state index is 5.80. The van der Waals surface area contributed by atoms with Crippen LogP contribution in [0.4, 0.5) is 5.82 Å². The van der Waals surface area contributed by atoms with Crippen molar-refractivity contribution in [1.29, 1.82) is 0 Å². The molecule has 0 aliphatic carbocycles. The van der Waals surface area contributed by atoms with Crippen molar-refractivity contribution in [2.45, 2.75) is 52.7 Å². The molecule has 0 unspecified atom stereocenters. The fraction of sp³-hybridized carbons (Fsp3) is 0.778. The third-order valence-electron chi connectivity index (χ3n) is 3.66. The molecule has 1 aliphatic rings. The van der Waals surface area contributed by atoms with Crippen molar-refractivity contribution >= 4 is 5.82 Å². The second kappa shape index (κ2) is 7.66. The second-order valence-corrected chi connectivity index (χ2v) is 8.22. The van der Waals surface area contributed by atoms with E-state index in [1.54, 1.807) is 12.4 Å². The zero-order valence-electron chi connectivity index (χ0n) is 16.0. The van der Waals surface area contributed by atoms with Gasteiger partial charge in [-0.3, -0.25) is 4.90 Å². The number of ether oxygens (including phenoxy) is 2. The first-order valence-electron chi connectivity index (χ1n) is 8.75. The Bertz CT molecular complexity index is 497. The summed E-state index contributed by atoms with van der Waals surface area (Å²) in [6.07, 6.45) is 3.52. The number of hydrogen-bond acceptors (Lipinski definition) is 6. The fourth-order valence-corrected chi connectivity index (χ4v) is 2.52. The summed E-state index contributed by atoms with van der Waals surface area (Å²) < 4.78 is 11.5. The number of piperazine rings is 1. The van der Waals surface area contributed by atoms with E-state index < -0.39 is 0 Å². The average molecular weight is 336 g/mol. The Balaban J connectivity index is 1.78. The Kier molecular flexibility index (Phi) is 6.04. The van der Waals surface area contributed by atoms with E-state index in [-0.39, 0.29) is 11.2 Å². The van der Waals surface area contributed by atoms with Crippen LogP contribution in [0.2, 0.25) is 0 Å². The number of anilines is 1. The van der Waals surface area contributed by atoms with Crippen LogP contribution in [0.25, 0.3) is 0 Å². The highest BCUT2D eigenvalue weighted by atomic mass is 16.5. The van der Waals surface area contributed by atoms with E-state index >= 15 is 0 Å². The number of hydrogen-bond donors (Lipinski definition) is 0. The van der Waals surface area contributed by atoms with Crippen LogP contribution in [-0.4, -0.2) is 65.4 Å². The van der Waals surface area contributed by atoms with Crippen molar-refractivity contribution in [3.63, 3.8) is 0 Å². The SMILES string of the molecule is CC(C)(C)OCCN1CCN(c2cnc(OC(C)(C)C)cn2)CC1. The van der Waals surface area contributed by atoms with Crippen LogP contribution in [-0.2, 0) is 4.74 Å². The summed E-state index contributed by atoms with van der Waals surface area (Å²) >= 11 is 0. The van der Waals surface area contributed by atoms with Gasteiger partial charge in [0.15, 0.2) is 0 Å². The molecule has 0 N–H and O–H groups in total. The third-order valence-corrected chi connectivity index (χ3v) is 3.66. The number of nitrogens with zero attached hydrogens (tertiary/aromatic N) is 4. The van der Waals surface area contributed by atoms with E-state index in [2.05, 4.69) is 40.5 Å². The first-order valence-corrected chi connectivity index (χ1v) is 8.75. The van der Waals surface area contributed by atoms with Gasteiger partial charge in [0.1, 0.15) is 11.4 Å². The molecule has 6 nitrogen and oxygen atoms in total. The van der Waals surface area contributed by atoms with Crippen LogP contribution in [0.5, 0.6) is 5.88 Å². The van der Waals surface area contributed by atoms with Gasteiger partial charge in [0.25, 0.3) is 0 Å². The Labute approximate surface area is 146 Å². The topological polar surface area (TPSA) is 50.7 Å². The molecule has 0 bridgehead atoms. The van der Waals surface area contributed by atoms with Crippen molar-refractivity contribution in [1.82, 2.24) is 14.9 Å². The Morgan fingerprint density at radius 1 is 0.917 bits per heavy atom. The van der Waals surface area contributed by atoms with E-state index in [0.717, 1.165) is 45.1 Å². The molecule has 1 fully saturated rings. The van der Waals surface area contributed by atoms with Gasteiger partial charge < -0.3 is 14.4 Å². The first-order chi connectivity index (χ1) is 11.1. The molecule has 136 valence electrons. The lowest BCUT2D eigenvalue weighted by Gasteiger charge is -2.35. The lowest BCUT2D eigenvalue weighted by atomic mass is 10.2. The van der Waals surface area contributed by atoms with Gasteiger partial charge in [0, 0.05) is 32.7 Å². The van der Waals surface area contributed by atoms with Crippen LogP contribution in [0.3, 0.4) is 0 Å². The summed E-state index contributed by atoms with van der Waals surface area (Å²) in [5.74, 6) is 1.49. The minimum absolute atomic E-state index is 0.0612. The van der Waals surface area contributed by atoms with Crippen molar-refractivity contribution < 1.29 is 9.47 Å². The van der Waals surface area contributed by atoms with Gasteiger partial charge in [-0.25, -0.2) is 9.97 Å². The molecule has 0 amide bonds. The fourth-order valence-electron chi connectivity index (χ4n) is 2.52. The van der Waals surface area contributed by atoms with Gasteiger partial charge in [-0.15, -0.1) is 0 Å². The molecule has 2 rings (SSSR count). The van der Waals surface area contributed by atoms with Gasteiger partial charge >= 0.3 is 0 Å². The third kappa shape index (κ3) is 6.61. The van der Waals surface area contributed by atoms with Crippen molar-refractivity contribution in [2.24, 2.45) is 0 Å². The van der Waals surface area contributed by atoms with Gasteiger partial charge in [-0.2, -0.15) is 0 Å². The monoisotopic (exact) mass is 336 g/mol. The largest absolute Gasteiger partial charge is 0.471 e. The van der Waals surface area contributed by atoms with Gasteiger partial charge in [-0.1, -0.05) is 0 Å². The summed E-state index contributed by atoms with van der Waals surface area (Å²) in [6.45, 7) is 18.0. The summed E-state index contributed by atoms with van der Waals surface area (Å²) in [6, 6.07) is 0. The molecule has 0 atom stereocenters. The van der Waals surface area contributed by atoms with E-state index in [0.29, 0.717) is 5.88 Å².